The third-order valence-corrected chi connectivity index (χ3v) is 5.47. The van der Waals surface area contributed by atoms with E-state index in [2.05, 4.69) is 61.8 Å². The van der Waals surface area contributed by atoms with Crippen molar-refractivity contribution in [3.63, 3.8) is 0 Å². The van der Waals surface area contributed by atoms with E-state index in [-0.39, 0.29) is 0 Å². The summed E-state index contributed by atoms with van der Waals surface area (Å²) in [6.07, 6.45) is 0. The predicted octanol–water partition coefficient (Wildman–Crippen LogP) is 4.15. The summed E-state index contributed by atoms with van der Waals surface area (Å²) < 4.78 is 5.32. The van der Waals surface area contributed by atoms with Crippen LogP contribution in [0, 0.1) is 6.92 Å². The highest BCUT2D eigenvalue weighted by molar-refractivity contribution is 7.99. The number of aryl methyl sites for hydroxylation is 1. The van der Waals surface area contributed by atoms with Gasteiger partial charge < -0.3 is 10.1 Å². The molecule has 0 spiro atoms. The number of hydrogen-bond donors (Lipinski definition) is 1. The fourth-order valence-electron chi connectivity index (χ4n) is 3.16. The van der Waals surface area contributed by atoms with Crippen molar-refractivity contribution in [1.82, 2.24) is 5.32 Å². The number of hydrogen-bond acceptors (Lipinski definition) is 3. The maximum absolute atomic E-state index is 5.32. The Hall–Kier alpha value is -1.45. The zero-order valence-corrected chi connectivity index (χ0v) is 13.5. The van der Waals surface area contributed by atoms with Crippen molar-refractivity contribution < 1.29 is 4.74 Å². The lowest BCUT2D eigenvalue weighted by molar-refractivity contribution is 0.413. The van der Waals surface area contributed by atoms with Crippen molar-refractivity contribution in [2.24, 2.45) is 0 Å². The Morgan fingerprint density at radius 2 is 2.05 bits per heavy atom. The van der Waals surface area contributed by atoms with Crippen LogP contribution in [-0.2, 0) is 0 Å². The lowest BCUT2D eigenvalue weighted by Gasteiger charge is -2.26. The molecule has 0 fully saturated rings. The van der Waals surface area contributed by atoms with Crippen LogP contribution >= 0.6 is 11.8 Å². The summed E-state index contributed by atoms with van der Waals surface area (Å²) in [6, 6.07) is 15.5. The topological polar surface area (TPSA) is 21.3 Å². The summed E-state index contributed by atoms with van der Waals surface area (Å²) >= 11 is 1.96. The van der Waals surface area contributed by atoms with E-state index in [1.54, 1.807) is 7.11 Å². The number of rotatable bonds is 4. The molecule has 2 aromatic carbocycles. The summed E-state index contributed by atoms with van der Waals surface area (Å²) in [4.78, 5) is 1.42. The van der Waals surface area contributed by atoms with Crippen LogP contribution in [0.3, 0.4) is 0 Å². The van der Waals surface area contributed by atoms with Crippen LogP contribution in [0.1, 0.15) is 28.7 Å². The van der Waals surface area contributed by atoms with E-state index < -0.39 is 0 Å². The molecule has 3 heteroatoms. The number of ether oxygens (including phenoxy) is 1. The molecule has 0 aliphatic carbocycles. The van der Waals surface area contributed by atoms with E-state index in [1.165, 1.54) is 21.6 Å². The predicted molar refractivity (Wildman–Crippen MR) is 89.4 cm³/mol. The third kappa shape index (κ3) is 2.68. The third-order valence-electron chi connectivity index (χ3n) is 4.26. The summed E-state index contributed by atoms with van der Waals surface area (Å²) in [5.74, 6) is 2.58. The maximum Gasteiger partial charge on any atom is 0.119 e. The molecule has 0 saturated heterocycles. The highest BCUT2D eigenvalue weighted by atomic mass is 32.2. The second-order valence-corrected chi connectivity index (χ2v) is 6.51. The largest absolute Gasteiger partial charge is 0.497 e. The summed E-state index contributed by atoms with van der Waals surface area (Å²) in [5, 5.41) is 3.53. The van der Waals surface area contributed by atoms with Crippen LogP contribution in [0.15, 0.2) is 47.4 Å². The minimum absolute atomic E-state index is 0.340. The molecule has 0 amide bonds. The second-order valence-electron chi connectivity index (χ2n) is 5.44. The Labute approximate surface area is 130 Å². The molecule has 1 heterocycles. The normalized spacial score (nSPS) is 18.3. The van der Waals surface area contributed by atoms with Gasteiger partial charge in [0.2, 0.25) is 0 Å². The summed E-state index contributed by atoms with van der Waals surface area (Å²) in [5.41, 5.74) is 4.11. The summed E-state index contributed by atoms with van der Waals surface area (Å²) in [6.45, 7) is 2.16. The first kappa shape index (κ1) is 14.5. The SMILES string of the molecule is CNC(c1ccc(OC)cc1C)C1CSc2ccccc21. The van der Waals surface area contributed by atoms with E-state index in [4.69, 9.17) is 4.74 Å². The van der Waals surface area contributed by atoms with Gasteiger partial charge in [0.05, 0.1) is 7.11 Å². The van der Waals surface area contributed by atoms with Crippen molar-refractivity contribution in [2.75, 3.05) is 19.9 Å². The molecule has 0 aromatic heterocycles. The van der Waals surface area contributed by atoms with E-state index >= 15 is 0 Å². The maximum atomic E-state index is 5.32. The van der Waals surface area contributed by atoms with Gasteiger partial charge in [-0.2, -0.15) is 0 Å². The average molecular weight is 299 g/mol. The lowest BCUT2D eigenvalue weighted by Crippen LogP contribution is -2.24. The smallest absolute Gasteiger partial charge is 0.119 e. The fraction of sp³-hybridized carbons (Fsp3) is 0.333. The molecule has 0 radical (unpaired) electrons. The number of nitrogens with one attached hydrogen (secondary N) is 1. The quantitative estimate of drug-likeness (QED) is 0.916. The first-order chi connectivity index (χ1) is 10.2. The Kier molecular flexibility index (Phi) is 4.22. The first-order valence-electron chi connectivity index (χ1n) is 7.28. The monoisotopic (exact) mass is 299 g/mol. The second kappa shape index (κ2) is 6.12. The molecule has 1 aliphatic rings. The molecule has 2 atom stereocenters. The Bertz CT molecular complexity index is 641. The van der Waals surface area contributed by atoms with E-state index in [0.717, 1.165) is 11.5 Å². The highest BCUT2D eigenvalue weighted by Crippen LogP contribution is 2.46. The molecule has 0 bridgehead atoms. The Morgan fingerprint density at radius 3 is 2.76 bits per heavy atom. The van der Waals surface area contributed by atoms with Crippen LogP contribution < -0.4 is 10.1 Å². The molecule has 2 unspecified atom stereocenters. The van der Waals surface area contributed by atoms with Crippen LogP contribution in [0.5, 0.6) is 5.75 Å². The molecule has 1 N–H and O–H groups in total. The molecule has 21 heavy (non-hydrogen) atoms. The van der Waals surface area contributed by atoms with Gasteiger partial charge in [0.15, 0.2) is 0 Å². The average Bonchev–Trinajstić information content (AvgIpc) is 2.94. The van der Waals surface area contributed by atoms with E-state index in [1.807, 2.05) is 11.8 Å². The minimum atomic E-state index is 0.340. The van der Waals surface area contributed by atoms with Gasteiger partial charge in [0.1, 0.15) is 5.75 Å². The summed E-state index contributed by atoms with van der Waals surface area (Å²) in [7, 11) is 3.77. The van der Waals surface area contributed by atoms with Crippen molar-refractivity contribution in [3.8, 4) is 5.75 Å². The van der Waals surface area contributed by atoms with Crippen LogP contribution in [0.2, 0.25) is 0 Å². The Morgan fingerprint density at radius 1 is 1.24 bits per heavy atom. The van der Waals surface area contributed by atoms with Crippen molar-refractivity contribution >= 4 is 11.8 Å². The molecule has 3 rings (SSSR count). The lowest BCUT2D eigenvalue weighted by atomic mass is 9.86. The van der Waals surface area contributed by atoms with Gasteiger partial charge in [-0.1, -0.05) is 24.3 Å². The molecule has 2 nitrogen and oxygen atoms in total. The van der Waals surface area contributed by atoms with E-state index in [9.17, 15) is 0 Å². The molecular formula is C18H21NOS. The van der Waals surface area contributed by atoms with Gasteiger partial charge >= 0.3 is 0 Å². The van der Waals surface area contributed by atoms with Gasteiger partial charge in [-0.05, 0) is 48.9 Å². The number of likely N-dealkylation sites (N-methyl/N-ethyl adjacent to an activating group) is 1. The molecule has 1 aliphatic heterocycles. The van der Waals surface area contributed by atoms with Crippen LogP contribution in [0.4, 0.5) is 0 Å². The molecular weight excluding hydrogens is 278 g/mol. The van der Waals surface area contributed by atoms with Gasteiger partial charge in [-0.25, -0.2) is 0 Å². The number of methoxy groups -OCH3 is 1. The minimum Gasteiger partial charge on any atom is -0.497 e. The van der Waals surface area contributed by atoms with Gasteiger partial charge in [-0.15, -0.1) is 11.8 Å². The molecule has 110 valence electrons. The van der Waals surface area contributed by atoms with Crippen molar-refractivity contribution in [2.45, 2.75) is 23.8 Å². The Balaban J connectivity index is 1.97. The number of benzene rings is 2. The zero-order valence-electron chi connectivity index (χ0n) is 12.7. The molecule has 0 saturated carbocycles. The number of thioether (sulfide) groups is 1. The van der Waals surface area contributed by atoms with Crippen molar-refractivity contribution in [3.05, 3.63) is 59.2 Å². The highest BCUT2D eigenvalue weighted by Gasteiger charge is 2.31. The first-order valence-corrected chi connectivity index (χ1v) is 8.26. The van der Waals surface area contributed by atoms with E-state index in [0.29, 0.717) is 12.0 Å². The van der Waals surface area contributed by atoms with Gasteiger partial charge in [0, 0.05) is 22.6 Å². The number of fused-ring (bicyclic) bond motifs is 1. The zero-order chi connectivity index (χ0) is 14.8. The standard InChI is InChI=1S/C18H21NOS/c1-12-10-13(20-3)8-9-14(12)18(19-2)16-11-21-17-7-5-4-6-15(16)17/h4-10,16,18-19H,11H2,1-3H3. The van der Waals surface area contributed by atoms with Crippen LogP contribution in [0.25, 0.3) is 0 Å². The molecule has 2 aromatic rings. The fourth-order valence-corrected chi connectivity index (χ4v) is 4.45. The van der Waals surface area contributed by atoms with Crippen molar-refractivity contribution in [1.29, 1.82) is 0 Å². The van der Waals surface area contributed by atoms with Gasteiger partial charge in [-0.3, -0.25) is 0 Å². The van der Waals surface area contributed by atoms with Gasteiger partial charge in [0.25, 0.3) is 0 Å². The van der Waals surface area contributed by atoms with Crippen LogP contribution in [-0.4, -0.2) is 19.9 Å².